The van der Waals surface area contributed by atoms with Gasteiger partial charge in [-0.3, -0.25) is 9.36 Å². The molecule has 5 heteroatoms. The Balaban J connectivity index is 2.47. The van der Waals surface area contributed by atoms with Crippen molar-refractivity contribution in [3.8, 4) is 6.07 Å². The minimum Gasteiger partial charge on any atom is -0.299 e. The Labute approximate surface area is 108 Å². The largest absolute Gasteiger partial charge is 0.307 e. The van der Waals surface area contributed by atoms with Crippen LogP contribution in [-0.2, 0) is 6.54 Å². The smallest absolute Gasteiger partial charge is 0.299 e. The standard InChI is InChI=1S/C13H11FN2OS/c1-8-9(2)18-13(17)16(8)7-11-5-3-4-10(6-15)12(11)14/h3-5H,7H2,1-2H3. The van der Waals surface area contributed by atoms with Gasteiger partial charge >= 0.3 is 4.87 Å². The van der Waals surface area contributed by atoms with Crippen molar-refractivity contribution in [2.45, 2.75) is 20.4 Å². The molecule has 0 amide bonds. The number of aryl methyl sites for hydroxylation is 1. The number of nitrogens with zero attached hydrogens (tertiary/aromatic N) is 2. The predicted molar refractivity (Wildman–Crippen MR) is 68.3 cm³/mol. The third kappa shape index (κ3) is 2.07. The Morgan fingerprint density at radius 2 is 2.17 bits per heavy atom. The Kier molecular flexibility index (Phi) is 3.30. The fourth-order valence-electron chi connectivity index (χ4n) is 1.73. The van der Waals surface area contributed by atoms with E-state index >= 15 is 0 Å². The van der Waals surface area contributed by atoms with Crippen molar-refractivity contribution < 1.29 is 4.39 Å². The molecule has 0 aliphatic heterocycles. The van der Waals surface area contributed by atoms with Gasteiger partial charge in [0.15, 0.2) is 0 Å². The summed E-state index contributed by atoms with van der Waals surface area (Å²) in [7, 11) is 0. The van der Waals surface area contributed by atoms with Gasteiger partial charge in [0.1, 0.15) is 11.9 Å². The zero-order valence-electron chi connectivity index (χ0n) is 10.0. The number of halogens is 1. The van der Waals surface area contributed by atoms with Crippen molar-refractivity contribution in [3.05, 3.63) is 55.4 Å². The molecule has 0 saturated carbocycles. The summed E-state index contributed by atoms with van der Waals surface area (Å²) in [6.45, 7) is 3.86. The van der Waals surface area contributed by atoms with Gasteiger partial charge in [0.2, 0.25) is 0 Å². The highest BCUT2D eigenvalue weighted by Crippen LogP contribution is 2.16. The predicted octanol–water partition coefficient (Wildman–Crippen LogP) is 2.59. The summed E-state index contributed by atoms with van der Waals surface area (Å²) >= 11 is 1.15. The molecule has 0 atom stereocenters. The average Bonchev–Trinajstić information content (AvgIpc) is 2.58. The summed E-state index contributed by atoms with van der Waals surface area (Å²) in [4.78, 5) is 12.5. The van der Waals surface area contributed by atoms with Gasteiger partial charge < -0.3 is 0 Å². The quantitative estimate of drug-likeness (QED) is 0.835. The van der Waals surface area contributed by atoms with E-state index < -0.39 is 5.82 Å². The zero-order valence-corrected chi connectivity index (χ0v) is 10.8. The normalized spacial score (nSPS) is 10.3. The molecule has 0 unspecified atom stereocenters. The fourth-order valence-corrected chi connectivity index (χ4v) is 2.56. The van der Waals surface area contributed by atoms with Crippen LogP contribution >= 0.6 is 11.3 Å². The number of hydrogen-bond acceptors (Lipinski definition) is 3. The van der Waals surface area contributed by atoms with E-state index in [1.165, 1.54) is 10.6 Å². The van der Waals surface area contributed by atoms with Gasteiger partial charge in [-0.15, -0.1) is 0 Å². The van der Waals surface area contributed by atoms with Gasteiger partial charge in [0.25, 0.3) is 0 Å². The van der Waals surface area contributed by atoms with Crippen molar-refractivity contribution in [3.63, 3.8) is 0 Å². The molecule has 0 bridgehead atoms. The van der Waals surface area contributed by atoms with E-state index in [-0.39, 0.29) is 17.0 Å². The first-order chi connectivity index (χ1) is 8.54. The summed E-state index contributed by atoms with van der Waals surface area (Å²) in [5.41, 5.74) is 1.20. The zero-order chi connectivity index (χ0) is 13.3. The van der Waals surface area contributed by atoms with Crippen molar-refractivity contribution >= 4 is 11.3 Å². The van der Waals surface area contributed by atoms with Crippen LogP contribution in [0.25, 0.3) is 0 Å². The van der Waals surface area contributed by atoms with Crippen LogP contribution in [0.3, 0.4) is 0 Å². The first-order valence-corrected chi connectivity index (χ1v) is 6.20. The number of benzene rings is 1. The number of nitriles is 1. The van der Waals surface area contributed by atoms with E-state index in [1.807, 2.05) is 13.8 Å². The van der Waals surface area contributed by atoms with Gasteiger partial charge in [0.05, 0.1) is 12.1 Å². The molecule has 2 rings (SSSR count). The van der Waals surface area contributed by atoms with Crippen molar-refractivity contribution in [2.75, 3.05) is 0 Å². The summed E-state index contributed by atoms with van der Waals surface area (Å²) in [5, 5.41) is 8.77. The molecule has 18 heavy (non-hydrogen) atoms. The van der Waals surface area contributed by atoms with E-state index in [2.05, 4.69) is 0 Å². The van der Waals surface area contributed by atoms with E-state index in [0.29, 0.717) is 5.56 Å². The highest BCUT2D eigenvalue weighted by molar-refractivity contribution is 7.09. The number of hydrogen-bond donors (Lipinski definition) is 0. The third-order valence-corrected chi connectivity index (χ3v) is 3.90. The minimum atomic E-state index is -0.546. The van der Waals surface area contributed by atoms with Crippen LogP contribution in [0.5, 0.6) is 0 Å². The number of rotatable bonds is 2. The maximum absolute atomic E-state index is 13.9. The molecule has 1 aromatic carbocycles. The summed E-state index contributed by atoms with van der Waals surface area (Å²) < 4.78 is 15.4. The van der Waals surface area contributed by atoms with Crippen molar-refractivity contribution in [1.82, 2.24) is 4.57 Å². The van der Waals surface area contributed by atoms with Crippen LogP contribution in [0, 0.1) is 31.0 Å². The second-order valence-electron chi connectivity index (χ2n) is 3.99. The monoisotopic (exact) mass is 262 g/mol. The highest BCUT2D eigenvalue weighted by atomic mass is 32.1. The molecular weight excluding hydrogens is 251 g/mol. The SMILES string of the molecule is Cc1sc(=O)n(Cc2cccc(C#N)c2F)c1C. The maximum Gasteiger partial charge on any atom is 0.307 e. The van der Waals surface area contributed by atoms with E-state index in [1.54, 1.807) is 18.2 Å². The first-order valence-electron chi connectivity index (χ1n) is 5.39. The summed E-state index contributed by atoms with van der Waals surface area (Å²) in [6.07, 6.45) is 0. The van der Waals surface area contributed by atoms with Gasteiger partial charge in [-0.2, -0.15) is 5.26 Å². The van der Waals surface area contributed by atoms with E-state index in [9.17, 15) is 9.18 Å². The number of aromatic nitrogens is 1. The molecule has 0 aliphatic rings. The van der Waals surface area contributed by atoms with Gasteiger partial charge in [-0.05, 0) is 19.9 Å². The van der Waals surface area contributed by atoms with Crippen LogP contribution in [0.1, 0.15) is 21.7 Å². The number of thiazole rings is 1. The van der Waals surface area contributed by atoms with Crippen molar-refractivity contribution in [1.29, 1.82) is 5.26 Å². The molecule has 0 radical (unpaired) electrons. The van der Waals surface area contributed by atoms with E-state index in [0.717, 1.165) is 21.9 Å². The van der Waals surface area contributed by atoms with Gasteiger partial charge in [0, 0.05) is 16.1 Å². The Hall–Kier alpha value is -1.93. The Morgan fingerprint density at radius 1 is 1.44 bits per heavy atom. The molecule has 0 saturated heterocycles. The van der Waals surface area contributed by atoms with Crippen molar-refractivity contribution in [2.24, 2.45) is 0 Å². The highest BCUT2D eigenvalue weighted by Gasteiger charge is 2.12. The molecule has 92 valence electrons. The fraction of sp³-hybridized carbons (Fsp3) is 0.231. The Bertz CT molecular complexity index is 694. The molecule has 0 fully saturated rings. The molecule has 0 aliphatic carbocycles. The molecule has 3 nitrogen and oxygen atoms in total. The van der Waals surface area contributed by atoms with Gasteiger partial charge in [-0.25, -0.2) is 4.39 Å². The molecule has 0 N–H and O–H groups in total. The summed E-state index contributed by atoms with van der Waals surface area (Å²) in [6, 6.07) is 6.43. The van der Waals surface area contributed by atoms with Crippen LogP contribution in [0.15, 0.2) is 23.0 Å². The summed E-state index contributed by atoms with van der Waals surface area (Å²) in [5.74, 6) is -0.546. The average molecular weight is 262 g/mol. The molecule has 1 aromatic heterocycles. The molecule has 2 aromatic rings. The lowest BCUT2D eigenvalue weighted by atomic mass is 10.1. The second-order valence-corrected chi connectivity index (χ2v) is 5.15. The molecule has 0 spiro atoms. The topological polar surface area (TPSA) is 45.8 Å². The lowest BCUT2D eigenvalue weighted by molar-refractivity contribution is 0.592. The minimum absolute atomic E-state index is 0.00477. The van der Waals surface area contributed by atoms with Crippen LogP contribution < -0.4 is 4.87 Å². The van der Waals surface area contributed by atoms with Crippen LogP contribution in [0.2, 0.25) is 0 Å². The lowest BCUT2D eigenvalue weighted by Gasteiger charge is -2.07. The first kappa shape index (κ1) is 12.5. The molecule has 1 heterocycles. The Morgan fingerprint density at radius 3 is 2.72 bits per heavy atom. The lowest BCUT2D eigenvalue weighted by Crippen LogP contribution is -2.16. The second kappa shape index (κ2) is 4.75. The molecular formula is C13H11FN2OS. The van der Waals surface area contributed by atoms with Crippen LogP contribution in [-0.4, -0.2) is 4.57 Å². The van der Waals surface area contributed by atoms with Crippen LogP contribution in [0.4, 0.5) is 4.39 Å². The van der Waals surface area contributed by atoms with Gasteiger partial charge in [-0.1, -0.05) is 23.5 Å². The third-order valence-electron chi connectivity index (χ3n) is 2.90. The maximum atomic E-state index is 13.9. The van der Waals surface area contributed by atoms with E-state index in [4.69, 9.17) is 5.26 Å².